The van der Waals surface area contributed by atoms with Crippen LogP contribution in [0.2, 0.25) is 0 Å². The summed E-state index contributed by atoms with van der Waals surface area (Å²) in [5, 5.41) is 7.99. The fourth-order valence-corrected chi connectivity index (χ4v) is 3.02. The minimum absolute atomic E-state index is 0.0635. The quantitative estimate of drug-likeness (QED) is 0.682. The second kappa shape index (κ2) is 7.59. The van der Waals surface area contributed by atoms with Crippen molar-refractivity contribution in [3.05, 3.63) is 47.2 Å². The molecule has 0 aliphatic carbocycles. The molecule has 2 N–H and O–H groups in total. The first kappa shape index (κ1) is 18.0. The van der Waals surface area contributed by atoms with Crippen LogP contribution in [-0.4, -0.2) is 33.8 Å². The average molecular weight is 358 g/mol. The van der Waals surface area contributed by atoms with Gasteiger partial charge in [0.25, 0.3) is 0 Å². The summed E-state index contributed by atoms with van der Waals surface area (Å²) >= 11 is 0. The summed E-state index contributed by atoms with van der Waals surface area (Å²) in [5.41, 5.74) is 3.69. The predicted molar refractivity (Wildman–Crippen MR) is 97.8 cm³/mol. The molecule has 0 unspecified atom stereocenters. The fourth-order valence-electron chi connectivity index (χ4n) is 3.02. The first-order chi connectivity index (χ1) is 12.4. The van der Waals surface area contributed by atoms with Crippen molar-refractivity contribution in [2.45, 2.75) is 33.7 Å². The fraction of sp³-hybridized carbons (Fsp3) is 0.368. The molecule has 1 amide bonds. The van der Waals surface area contributed by atoms with Crippen LogP contribution in [0.25, 0.3) is 10.9 Å². The van der Waals surface area contributed by atoms with Gasteiger partial charge in [0, 0.05) is 42.3 Å². The molecular formula is C19H23FN4O2. The van der Waals surface area contributed by atoms with E-state index in [1.807, 2.05) is 26.1 Å². The number of nitrogens with one attached hydrogen (secondary N) is 2. The van der Waals surface area contributed by atoms with E-state index in [2.05, 4.69) is 15.4 Å². The van der Waals surface area contributed by atoms with E-state index in [1.165, 1.54) is 13.0 Å². The van der Waals surface area contributed by atoms with Gasteiger partial charge < -0.3 is 15.0 Å². The second-order valence-electron chi connectivity index (χ2n) is 6.36. The molecule has 1 aromatic carbocycles. The number of fused-ring (bicyclic) bond motifs is 1. The largest absolute Gasteiger partial charge is 0.489 e. The van der Waals surface area contributed by atoms with Crippen LogP contribution in [0.4, 0.5) is 4.39 Å². The molecule has 138 valence electrons. The van der Waals surface area contributed by atoms with Crippen LogP contribution in [0.5, 0.6) is 5.75 Å². The molecule has 0 aliphatic rings. The number of halogens is 1. The Morgan fingerprint density at radius 1 is 1.38 bits per heavy atom. The molecule has 0 saturated heterocycles. The number of amides is 1. The Hall–Kier alpha value is -2.83. The molecule has 7 heteroatoms. The number of H-pyrrole nitrogens is 1. The van der Waals surface area contributed by atoms with Crippen LogP contribution in [-0.2, 0) is 17.8 Å². The zero-order chi connectivity index (χ0) is 18.7. The lowest BCUT2D eigenvalue weighted by Gasteiger charge is -2.09. The molecule has 0 radical (unpaired) electrons. The minimum atomic E-state index is -0.399. The summed E-state index contributed by atoms with van der Waals surface area (Å²) in [5.74, 6) is -0.239. The normalized spacial score (nSPS) is 11.1. The van der Waals surface area contributed by atoms with Crippen LogP contribution < -0.4 is 10.1 Å². The number of carbonyl (C=O) groups is 1. The average Bonchev–Trinajstić information content (AvgIpc) is 3.11. The molecule has 6 nitrogen and oxygen atoms in total. The molecule has 3 aromatic rings. The highest BCUT2D eigenvalue weighted by molar-refractivity contribution is 5.86. The highest BCUT2D eigenvalue weighted by Gasteiger charge is 2.13. The zero-order valence-corrected chi connectivity index (χ0v) is 15.2. The smallest absolute Gasteiger partial charge is 0.216 e. The SMILES string of the molecule is CC(=O)NCCc1c(C)[nH]c2cc(F)c(OCCn3ccc(C)n3)cc12. The minimum Gasteiger partial charge on any atom is -0.489 e. The third kappa shape index (κ3) is 4.04. The number of hydrogen-bond donors (Lipinski definition) is 2. The van der Waals surface area contributed by atoms with Gasteiger partial charge in [0.1, 0.15) is 6.61 Å². The second-order valence-corrected chi connectivity index (χ2v) is 6.36. The van der Waals surface area contributed by atoms with E-state index in [-0.39, 0.29) is 11.7 Å². The maximum Gasteiger partial charge on any atom is 0.216 e. The van der Waals surface area contributed by atoms with Crippen molar-refractivity contribution in [3.63, 3.8) is 0 Å². The lowest BCUT2D eigenvalue weighted by Crippen LogP contribution is -2.22. The Balaban J connectivity index is 1.75. The van der Waals surface area contributed by atoms with Crippen molar-refractivity contribution in [1.29, 1.82) is 0 Å². The highest BCUT2D eigenvalue weighted by Crippen LogP contribution is 2.29. The number of hydrogen-bond acceptors (Lipinski definition) is 3. The summed E-state index contributed by atoms with van der Waals surface area (Å²) in [7, 11) is 0. The Morgan fingerprint density at radius 2 is 2.19 bits per heavy atom. The predicted octanol–water partition coefficient (Wildman–Crippen LogP) is 2.88. The number of benzene rings is 1. The molecule has 0 atom stereocenters. The standard InChI is InChI=1S/C19H23FN4O2/c1-12-5-7-24(23-12)8-9-26-19-10-16-15(4-6-21-14(3)25)13(2)22-18(16)11-17(19)20/h5,7,10-11,22H,4,6,8-9H2,1-3H3,(H,21,25). The lowest BCUT2D eigenvalue weighted by molar-refractivity contribution is -0.118. The number of rotatable bonds is 7. The topological polar surface area (TPSA) is 71.9 Å². The first-order valence-electron chi connectivity index (χ1n) is 8.62. The maximum absolute atomic E-state index is 14.3. The molecular weight excluding hydrogens is 335 g/mol. The van der Waals surface area contributed by atoms with Crippen molar-refractivity contribution < 1.29 is 13.9 Å². The van der Waals surface area contributed by atoms with E-state index in [0.717, 1.165) is 27.9 Å². The molecule has 0 bridgehead atoms. The van der Waals surface area contributed by atoms with Crippen LogP contribution in [0.3, 0.4) is 0 Å². The van der Waals surface area contributed by atoms with E-state index in [4.69, 9.17) is 4.74 Å². The molecule has 3 rings (SSSR count). The number of carbonyl (C=O) groups excluding carboxylic acids is 1. The molecule has 2 aromatic heterocycles. The van der Waals surface area contributed by atoms with Gasteiger partial charge >= 0.3 is 0 Å². The molecule has 0 saturated carbocycles. The van der Waals surface area contributed by atoms with E-state index in [0.29, 0.717) is 26.1 Å². The van der Waals surface area contributed by atoms with Gasteiger partial charge in [-0.25, -0.2) is 4.39 Å². The third-order valence-corrected chi connectivity index (χ3v) is 4.27. The third-order valence-electron chi connectivity index (χ3n) is 4.27. The molecule has 26 heavy (non-hydrogen) atoms. The van der Waals surface area contributed by atoms with Crippen molar-refractivity contribution in [2.75, 3.05) is 13.2 Å². The molecule has 0 aliphatic heterocycles. The molecule has 0 fully saturated rings. The maximum atomic E-state index is 14.3. The van der Waals surface area contributed by atoms with Crippen LogP contribution in [0, 0.1) is 19.7 Å². The Bertz CT molecular complexity index is 929. The van der Waals surface area contributed by atoms with Crippen LogP contribution >= 0.6 is 0 Å². The van der Waals surface area contributed by atoms with Gasteiger partial charge in [0.05, 0.1) is 12.2 Å². The summed E-state index contributed by atoms with van der Waals surface area (Å²) in [6.45, 7) is 6.77. The van der Waals surface area contributed by atoms with E-state index in [9.17, 15) is 9.18 Å². The Labute approximate surface area is 151 Å². The molecule has 2 heterocycles. The number of aromatic amines is 1. The van der Waals surface area contributed by atoms with E-state index >= 15 is 0 Å². The van der Waals surface area contributed by atoms with Crippen LogP contribution in [0.15, 0.2) is 24.4 Å². The molecule has 0 spiro atoms. The summed E-state index contributed by atoms with van der Waals surface area (Å²) in [6, 6.07) is 5.10. The first-order valence-corrected chi connectivity index (χ1v) is 8.62. The number of nitrogens with zero attached hydrogens (tertiary/aromatic N) is 2. The number of aromatic nitrogens is 3. The van der Waals surface area contributed by atoms with Crippen molar-refractivity contribution >= 4 is 16.8 Å². The Morgan fingerprint density at radius 3 is 2.88 bits per heavy atom. The lowest BCUT2D eigenvalue weighted by atomic mass is 10.1. The van der Waals surface area contributed by atoms with Crippen molar-refractivity contribution in [3.8, 4) is 5.75 Å². The number of ether oxygens (including phenoxy) is 1. The van der Waals surface area contributed by atoms with Gasteiger partial charge in [-0.2, -0.15) is 5.10 Å². The van der Waals surface area contributed by atoms with Gasteiger partial charge in [-0.05, 0) is 38.0 Å². The summed E-state index contributed by atoms with van der Waals surface area (Å²) in [6.07, 6.45) is 2.54. The summed E-state index contributed by atoms with van der Waals surface area (Å²) < 4.78 is 21.7. The monoisotopic (exact) mass is 358 g/mol. The van der Waals surface area contributed by atoms with Gasteiger partial charge in [0.2, 0.25) is 5.91 Å². The zero-order valence-electron chi connectivity index (χ0n) is 15.2. The number of aryl methyl sites for hydroxylation is 2. The summed E-state index contributed by atoms with van der Waals surface area (Å²) in [4.78, 5) is 14.3. The van der Waals surface area contributed by atoms with Crippen molar-refractivity contribution in [1.82, 2.24) is 20.1 Å². The Kier molecular flexibility index (Phi) is 5.25. The van der Waals surface area contributed by atoms with Crippen molar-refractivity contribution in [2.24, 2.45) is 0 Å². The van der Waals surface area contributed by atoms with Gasteiger partial charge in [0.15, 0.2) is 11.6 Å². The van der Waals surface area contributed by atoms with Gasteiger partial charge in [-0.3, -0.25) is 9.48 Å². The highest BCUT2D eigenvalue weighted by atomic mass is 19.1. The van der Waals surface area contributed by atoms with E-state index in [1.54, 1.807) is 10.7 Å². The van der Waals surface area contributed by atoms with E-state index < -0.39 is 5.82 Å². The van der Waals surface area contributed by atoms with Crippen LogP contribution in [0.1, 0.15) is 23.9 Å². The van der Waals surface area contributed by atoms with Gasteiger partial charge in [-0.1, -0.05) is 0 Å². The van der Waals surface area contributed by atoms with Gasteiger partial charge in [-0.15, -0.1) is 0 Å².